The summed E-state index contributed by atoms with van der Waals surface area (Å²) in [6, 6.07) is 16.4. The summed E-state index contributed by atoms with van der Waals surface area (Å²) in [6.45, 7) is 7.50. The Hall–Kier alpha value is -3.59. The van der Waals surface area contributed by atoms with Gasteiger partial charge in [0, 0.05) is 25.6 Å². The van der Waals surface area contributed by atoms with Gasteiger partial charge in [0.15, 0.2) is 11.5 Å². The third kappa shape index (κ3) is 8.76. The molecular weight excluding hydrogens is 488 g/mol. The minimum Gasteiger partial charge on any atom is -0.493 e. The van der Waals surface area contributed by atoms with E-state index in [4.69, 9.17) is 29.3 Å². The van der Waals surface area contributed by atoms with Gasteiger partial charge in [-0.25, -0.2) is 9.59 Å². The Balaban J connectivity index is 0.000000599. The monoisotopic (exact) mass is 526 g/mol. The maximum Gasteiger partial charge on any atom is 0.414 e. The molecule has 38 heavy (non-hydrogen) atoms. The maximum atomic E-state index is 12.9. The molecule has 2 N–H and O–H groups in total. The van der Waals surface area contributed by atoms with Crippen molar-refractivity contribution in [3.05, 3.63) is 59.7 Å². The fourth-order valence-corrected chi connectivity index (χ4v) is 4.75. The second-order valence-electron chi connectivity index (χ2n) is 9.93. The number of hydrogen-bond acceptors (Lipinski definition) is 6. The number of rotatable bonds is 7. The van der Waals surface area contributed by atoms with Gasteiger partial charge in [-0.05, 0) is 68.0 Å². The van der Waals surface area contributed by atoms with Crippen LogP contribution in [0.3, 0.4) is 0 Å². The fourth-order valence-electron chi connectivity index (χ4n) is 4.75. The van der Waals surface area contributed by atoms with Crippen molar-refractivity contribution in [3.63, 3.8) is 0 Å². The average molecular weight is 527 g/mol. The highest BCUT2D eigenvalue weighted by atomic mass is 16.5. The zero-order valence-electron chi connectivity index (χ0n) is 22.2. The summed E-state index contributed by atoms with van der Waals surface area (Å²) >= 11 is 0. The molecule has 2 aliphatic rings. The molecule has 206 valence electrons. The van der Waals surface area contributed by atoms with Crippen LogP contribution in [-0.4, -0.2) is 71.1 Å². The van der Waals surface area contributed by atoms with Crippen molar-refractivity contribution in [2.75, 3.05) is 33.3 Å². The van der Waals surface area contributed by atoms with E-state index in [0.29, 0.717) is 12.5 Å². The largest absolute Gasteiger partial charge is 0.493 e. The second kappa shape index (κ2) is 14.4. The van der Waals surface area contributed by atoms with Crippen LogP contribution in [0, 0.1) is 11.8 Å². The predicted octanol–water partition coefficient (Wildman–Crippen LogP) is 3.90. The zero-order valence-corrected chi connectivity index (χ0v) is 22.2. The molecule has 0 unspecified atom stereocenters. The van der Waals surface area contributed by atoms with Crippen LogP contribution < -0.4 is 9.47 Å². The summed E-state index contributed by atoms with van der Waals surface area (Å²) in [5.41, 5.74) is 2.35. The number of likely N-dealkylation sites (tertiary alicyclic amines) is 2. The van der Waals surface area contributed by atoms with Gasteiger partial charge in [-0.1, -0.05) is 43.3 Å². The number of carboxylic acid groups (broad SMARTS) is 2. The Bertz CT molecular complexity index is 1050. The molecule has 0 spiro atoms. The van der Waals surface area contributed by atoms with E-state index in [1.807, 2.05) is 24.3 Å². The molecule has 0 saturated carbocycles. The Labute approximate surface area is 224 Å². The standard InChI is InChI=1S/C27H36N2O3.C2H2O4/c1-21-10-16-29(17-11-21)27(30)24-12-14-28(15-13-24)19-23-8-9-25(26(18-23)31-2)32-20-22-6-4-3-5-7-22;3-1(4)2(5)6/h3-9,18,21,24H,10-17,19-20H2,1-2H3;(H,3,4)(H,5,6). The number of ether oxygens (including phenoxy) is 2. The lowest BCUT2D eigenvalue weighted by molar-refractivity contribution is -0.159. The normalized spacial score (nSPS) is 16.7. The molecule has 0 bridgehead atoms. The first-order valence-electron chi connectivity index (χ1n) is 13.1. The SMILES string of the molecule is COc1cc(CN2CCC(C(=O)N3CCC(C)CC3)CC2)ccc1OCc1ccccc1.O=C(O)C(=O)O. The number of piperidine rings is 2. The van der Waals surface area contributed by atoms with E-state index in [0.717, 1.165) is 81.4 Å². The van der Waals surface area contributed by atoms with Gasteiger partial charge < -0.3 is 24.6 Å². The fraction of sp³-hybridized carbons (Fsp3) is 0.483. The molecule has 4 rings (SSSR count). The van der Waals surface area contributed by atoms with Crippen molar-refractivity contribution >= 4 is 17.8 Å². The van der Waals surface area contributed by atoms with Crippen LogP contribution in [0.2, 0.25) is 0 Å². The molecule has 2 aromatic rings. The molecule has 0 aromatic heterocycles. The maximum absolute atomic E-state index is 12.9. The molecule has 9 heteroatoms. The quantitative estimate of drug-likeness (QED) is 0.522. The minimum absolute atomic E-state index is 0.197. The van der Waals surface area contributed by atoms with E-state index in [-0.39, 0.29) is 5.92 Å². The van der Waals surface area contributed by atoms with Gasteiger partial charge in [0.25, 0.3) is 0 Å². The van der Waals surface area contributed by atoms with Gasteiger partial charge in [-0.15, -0.1) is 0 Å². The summed E-state index contributed by atoms with van der Waals surface area (Å²) in [5, 5.41) is 14.8. The van der Waals surface area contributed by atoms with Crippen LogP contribution in [0.15, 0.2) is 48.5 Å². The average Bonchev–Trinajstić information content (AvgIpc) is 2.93. The first-order valence-corrected chi connectivity index (χ1v) is 13.1. The molecule has 1 amide bonds. The highest BCUT2D eigenvalue weighted by Crippen LogP contribution is 2.30. The summed E-state index contributed by atoms with van der Waals surface area (Å²) in [6.07, 6.45) is 4.22. The lowest BCUT2D eigenvalue weighted by atomic mass is 9.92. The van der Waals surface area contributed by atoms with Gasteiger partial charge >= 0.3 is 11.9 Å². The van der Waals surface area contributed by atoms with Crippen LogP contribution in [0.1, 0.15) is 43.7 Å². The zero-order chi connectivity index (χ0) is 27.5. The predicted molar refractivity (Wildman–Crippen MR) is 142 cm³/mol. The Morgan fingerprint density at radius 2 is 1.47 bits per heavy atom. The molecule has 2 aromatic carbocycles. The number of carbonyl (C=O) groups is 3. The molecular formula is C29H38N2O7. The summed E-state index contributed by atoms with van der Waals surface area (Å²) in [4.78, 5) is 35.6. The molecule has 9 nitrogen and oxygen atoms in total. The smallest absolute Gasteiger partial charge is 0.414 e. The number of amides is 1. The molecule has 2 aliphatic heterocycles. The lowest BCUT2D eigenvalue weighted by Crippen LogP contribution is -2.45. The molecule has 0 radical (unpaired) electrons. The Morgan fingerprint density at radius 1 is 0.842 bits per heavy atom. The van der Waals surface area contributed by atoms with Crippen LogP contribution in [-0.2, 0) is 27.5 Å². The van der Waals surface area contributed by atoms with Gasteiger partial charge in [-0.3, -0.25) is 9.69 Å². The van der Waals surface area contributed by atoms with Crippen LogP contribution in [0.5, 0.6) is 11.5 Å². The number of hydrogen-bond donors (Lipinski definition) is 2. The van der Waals surface area contributed by atoms with Crippen molar-refractivity contribution in [3.8, 4) is 11.5 Å². The molecule has 2 heterocycles. The van der Waals surface area contributed by atoms with Crippen LogP contribution >= 0.6 is 0 Å². The van der Waals surface area contributed by atoms with Gasteiger partial charge in [-0.2, -0.15) is 0 Å². The minimum atomic E-state index is -1.82. The topological polar surface area (TPSA) is 117 Å². The molecule has 0 atom stereocenters. The van der Waals surface area contributed by atoms with Crippen LogP contribution in [0.25, 0.3) is 0 Å². The third-order valence-electron chi connectivity index (χ3n) is 7.09. The third-order valence-corrected chi connectivity index (χ3v) is 7.09. The van der Waals surface area contributed by atoms with Crippen molar-refractivity contribution < 1.29 is 34.1 Å². The van der Waals surface area contributed by atoms with E-state index in [1.165, 1.54) is 5.56 Å². The van der Waals surface area contributed by atoms with Gasteiger partial charge in [0.05, 0.1) is 7.11 Å². The van der Waals surface area contributed by atoms with E-state index in [1.54, 1.807) is 7.11 Å². The van der Waals surface area contributed by atoms with E-state index in [2.05, 4.69) is 41.0 Å². The van der Waals surface area contributed by atoms with Crippen molar-refractivity contribution in [1.82, 2.24) is 9.80 Å². The first kappa shape index (κ1) is 29.0. The van der Waals surface area contributed by atoms with Crippen molar-refractivity contribution in [2.24, 2.45) is 11.8 Å². The Kier molecular flexibility index (Phi) is 11.0. The first-order chi connectivity index (χ1) is 18.3. The van der Waals surface area contributed by atoms with Gasteiger partial charge in [0.2, 0.25) is 5.91 Å². The van der Waals surface area contributed by atoms with E-state index < -0.39 is 11.9 Å². The lowest BCUT2D eigenvalue weighted by Gasteiger charge is -2.36. The van der Waals surface area contributed by atoms with E-state index >= 15 is 0 Å². The molecule has 0 aliphatic carbocycles. The van der Waals surface area contributed by atoms with Gasteiger partial charge in [0.1, 0.15) is 6.61 Å². The summed E-state index contributed by atoms with van der Waals surface area (Å²) < 4.78 is 11.6. The van der Waals surface area contributed by atoms with Crippen molar-refractivity contribution in [1.29, 1.82) is 0 Å². The van der Waals surface area contributed by atoms with E-state index in [9.17, 15) is 4.79 Å². The highest BCUT2D eigenvalue weighted by molar-refractivity contribution is 6.27. The number of carboxylic acids is 2. The number of methoxy groups -OCH3 is 1. The second-order valence-corrected chi connectivity index (χ2v) is 9.93. The highest BCUT2D eigenvalue weighted by Gasteiger charge is 2.30. The van der Waals surface area contributed by atoms with Crippen molar-refractivity contribution in [2.45, 2.75) is 45.8 Å². The number of carbonyl (C=O) groups excluding carboxylic acids is 1. The number of aliphatic carboxylic acids is 2. The number of benzene rings is 2. The molecule has 2 fully saturated rings. The summed E-state index contributed by atoms with van der Waals surface area (Å²) in [5.74, 6) is -0.776. The number of nitrogens with zero attached hydrogens (tertiary/aromatic N) is 2. The molecule has 2 saturated heterocycles. The van der Waals surface area contributed by atoms with Crippen LogP contribution in [0.4, 0.5) is 0 Å². The summed E-state index contributed by atoms with van der Waals surface area (Å²) in [7, 11) is 1.69. The Morgan fingerprint density at radius 3 is 2.05 bits per heavy atom.